The van der Waals surface area contributed by atoms with Crippen molar-refractivity contribution in [3.63, 3.8) is 0 Å². The van der Waals surface area contributed by atoms with Gasteiger partial charge in [0.05, 0.1) is 0 Å². The van der Waals surface area contributed by atoms with E-state index in [-0.39, 0.29) is 12.5 Å². The molecule has 1 aromatic carbocycles. The van der Waals surface area contributed by atoms with Crippen molar-refractivity contribution < 1.29 is 14.3 Å². The van der Waals surface area contributed by atoms with Crippen LogP contribution in [0, 0.1) is 0 Å². The molecule has 2 aromatic heterocycles. The molecular formula is C19H24N6O3. The maximum atomic E-state index is 12.6. The summed E-state index contributed by atoms with van der Waals surface area (Å²) in [5.74, 6) is -0.337. The summed E-state index contributed by atoms with van der Waals surface area (Å²) in [6, 6.07) is 7.00. The smallest absolute Gasteiger partial charge is 0.329 e. The van der Waals surface area contributed by atoms with E-state index >= 15 is 0 Å². The normalized spacial score (nSPS) is 12.1. The molecule has 2 N–H and O–H groups in total. The number of H-pyrrole nitrogens is 1. The first kappa shape index (κ1) is 19.5. The first-order valence-corrected chi connectivity index (χ1v) is 9.32. The Morgan fingerprint density at radius 2 is 2.14 bits per heavy atom. The van der Waals surface area contributed by atoms with E-state index in [9.17, 15) is 9.59 Å². The van der Waals surface area contributed by atoms with Gasteiger partial charge in [0.25, 0.3) is 0 Å². The summed E-state index contributed by atoms with van der Waals surface area (Å²) in [5, 5.41) is 15.1. The molecule has 2 heterocycles. The Morgan fingerprint density at radius 1 is 1.32 bits per heavy atom. The van der Waals surface area contributed by atoms with Crippen LogP contribution in [-0.4, -0.2) is 43.1 Å². The number of aryl methyl sites for hydroxylation is 1. The highest BCUT2D eigenvalue weighted by Crippen LogP contribution is 2.19. The molecule has 1 atom stereocenters. The molecule has 28 heavy (non-hydrogen) atoms. The van der Waals surface area contributed by atoms with Gasteiger partial charge in [-0.2, -0.15) is 0 Å². The largest absolute Gasteiger partial charge is 0.456 e. The number of carbonyl (C=O) groups is 2. The van der Waals surface area contributed by atoms with Crippen molar-refractivity contribution in [1.29, 1.82) is 0 Å². The summed E-state index contributed by atoms with van der Waals surface area (Å²) in [6.45, 7) is 4.08. The number of fused-ring (bicyclic) bond motifs is 1. The number of hydrogen-bond acceptors (Lipinski definition) is 6. The third kappa shape index (κ3) is 4.73. The molecule has 3 aromatic rings. The molecule has 0 saturated heterocycles. The Kier molecular flexibility index (Phi) is 6.36. The van der Waals surface area contributed by atoms with Gasteiger partial charge in [0.2, 0.25) is 5.91 Å². The second-order valence-electron chi connectivity index (χ2n) is 6.60. The monoisotopic (exact) mass is 384 g/mol. The van der Waals surface area contributed by atoms with E-state index in [1.54, 1.807) is 4.68 Å². The first-order chi connectivity index (χ1) is 13.6. The number of hydrogen-bond donors (Lipinski definition) is 2. The van der Waals surface area contributed by atoms with Gasteiger partial charge in [-0.15, -0.1) is 5.10 Å². The second-order valence-corrected chi connectivity index (χ2v) is 6.60. The molecule has 148 valence electrons. The SMILES string of the molecule is CCCCn1nnnc1COC(=O)[C@H](Cc1c[nH]c2ccccc12)NC(C)=O. The lowest BCUT2D eigenvalue weighted by atomic mass is 10.0. The number of benzene rings is 1. The summed E-state index contributed by atoms with van der Waals surface area (Å²) >= 11 is 0. The number of tetrazole rings is 1. The van der Waals surface area contributed by atoms with E-state index in [0.29, 0.717) is 18.8 Å². The van der Waals surface area contributed by atoms with Crippen LogP contribution in [0.5, 0.6) is 0 Å². The van der Waals surface area contributed by atoms with Crippen LogP contribution in [0.1, 0.15) is 38.1 Å². The summed E-state index contributed by atoms with van der Waals surface area (Å²) in [6.07, 6.45) is 4.11. The first-order valence-electron chi connectivity index (χ1n) is 9.32. The fourth-order valence-electron chi connectivity index (χ4n) is 3.00. The highest BCUT2D eigenvalue weighted by atomic mass is 16.5. The van der Waals surface area contributed by atoms with Crippen molar-refractivity contribution in [1.82, 2.24) is 30.5 Å². The molecule has 0 spiro atoms. The molecule has 0 radical (unpaired) electrons. The Bertz CT molecular complexity index is 948. The van der Waals surface area contributed by atoms with E-state index in [4.69, 9.17) is 4.74 Å². The van der Waals surface area contributed by atoms with Crippen LogP contribution in [0.15, 0.2) is 30.5 Å². The number of ether oxygens (including phenoxy) is 1. The molecule has 0 aliphatic heterocycles. The molecule has 0 aliphatic carbocycles. The van der Waals surface area contributed by atoms with Crippen LogP contribution in [0.4, 0.5) is 0 Å². The van der Waals surface area contributed by atoms with Gasteiger partial charge in [-0.25, -0.2) is 9.48 Å². The zero-order valence-electron chi connectivity index (χ0n) is 16.0. The fraction of sp³-hybridized carbons (Fsp3) is 0.421. The third-order valence-corrected chi connectivity index (χ3v) is 4.43. The van der Waals surface area contributed by atoms with E-state index in [2.05, 4.69) is 32.7 Å². The minimum absolute atomic E-state index is 0.0421. The Hall–Kier alpha value is -3.23. The summed E-state index contributed by atoms with van der Waals surface area (Å²) in [5.41, 5.74) is 1.90. The van der Waals surface area contributed by atoms with Gasteiger partial charge in [-0.1, -0.05) is 31.5 Å². The minimum Gasteiger partial charge on any atom is -0.456 e. The zero-order valence-corrected chi connectivity index (χ0v) is 16.0. The number of amides is 1. The van der Waals surface area contributed by atoms with Crippen LogP contribution in [0.2, 0.25) is 0 Å². The van der Waals surface area contributed by atoms with Crippen molar-refractivity contribution in [3.8, 4) is 0 Å². The molecule has 0 saturated carbocycles. The van der Waals surface area contributed by atoms with Crippen molar-refractivity contribution in [3.05, 3.63) is 41.9 Å². The number of aromatic nitrogens is 5. The predicted octanol–water partition coefficient (Wildman–Crippen LogP) is 1.75. The molecule has 3 rings (SSSR count). The average molecular weight is 384 g/mol. The number of unbranched alkanes of at least 4 members (excludes halogenated alkanes) is 1. The van der Waals surface area contributed by atoms with Crippen molar-refractivity contribution in [2.45, 2.75) is 52.3 Å². The number of rotatable bonds is 9. The molecule has 0 fully saturated rings. The van der Waals surface area contributed by atoms with E-state index in [0.717, 1.165) is 29.3 Å². The van der Waals surface area contributed by atoms with E-state index < -0.39 is 12.0 Å². The molecular weight excluding hydrogens is 360 g/mol. The maximum absolute atomic E-state index is 12.6. The summed E-state index contributed by atoms with van der Waals surface area (Å²) < 4.78 is 7.03. The van der Waals surface area contributed by atoms with Crippen LogP contribution in [0.25, 0.3) is 10.9 Å². The van der Waals surface area contributed by atoms with Gasteiger partial charge in [-0.3, -0.25) is 4.79 Å². The number of esters is 1. The second kappa shape index (κ2) is 9.12. The quantitative estimate of drug-likeness (QED) is 0.543. The van der Waals surface area contributed by atoms with Gasteiger partial charge < -0.3 is 15.0 Å². The lowest BCUT2D eigenvalue weighted by molar-refractivity contribution is -0.149. The van der Waals surface area contributed by atoms with E-state index in [1.165, 1.54) is 6.92 Å². The van der Waals surface area contributed by atoms with Gasteiger partial charge >= 0.3 is 5.97 Å². The third-order valence-electron chi connectivity index (χ3n) is 4.43. The van der Waals surface area contributed by atoms with Gasteiger partial charge in [0.1, 0.15) is 6.04 Å². The van der Waals surface area contributed by atoms with Crippen molar-refractivity contribution in [2.75, 3.05) is 0 Å². The fourth-order valence-corrected chi connectivity index (χ4v) is 3.00. The molecule has 9 heteroatoms. The summed E-state index contributed by atoms with van der Waals surface area (Å²) in [7, 11) is 0. The van der Waals surface area contributed by atoms with Crippen molar-refractivity contribution in [2.24, 2.45) is 0 Å². The highest BCUT2D eigenvalue weighted by Gasteiger charge is 2.23. The molecule has 0 bridgehead atoms. The average Bonchev–Trinajstić information content (AvgIpc) is 3.30. The van der Waals surface area contributed by atoms with Crippen LogP contribution in [-0.2, 0) is 33.9 Å². The Balaban J connectivity index is 1.68. The Labute approximate surface area is 162 Å². The van der Waals surface area contributed by atoms with E-state index in [1.807, 2.05) is 30.5 Å². The number of nitrogens with zero attached hydrogens (tertiary/aromatic N) is 4. The highest BCUT2D eigenvalue weighted by molar-refractivity contribution is 5.86. The zero-order chi connectivity index (χ0) is 19.9. The Morgan fingerprint density at radius 3 is 2.93 bits per heavy atom. The lowest BCUT2D eigenvalue weighted by Crippen LogP contribution is -2.42. The predicted molar refractivity (Wildman–Crippen MR) is 102 cm³/mol. The van der Waals surface area contributed by atoms with Crippen molar-refractivity contribution >= 4 is 22.8 Å². The van der Waals surface area contributed by atoms with Crippen LogP contribution >= 0.6 is 0 Å². The number of para-hydroxylation sites is 1. The molecule has 1 amide bonds. The standard InChI is InChI=1S/C19H24N6O3/c1-3-4-9-25-18(22-23-24-25)12-28-19(27)17(21-13(2)26)10-14-11-20-16-8-6-5-7-15(14)16/h5-8,11,17,20H,3-4,9-10,12H2,1-2H3,(H,21,26)/t17-/m0/s1. The molecule has 0 aliphatic rings. The maximum Gasteiger partial charge on any atom is 0.329 e. The minimum atomic E-state index is -0.795. The van der Waals surface area contributed by atoms with Crippen LogP contribution in [0.3, 0.4) is 0 Å². The topological polar surface area (TPSA) is 115 Å². The summed E-state index contributed by atoms with van der Waals surface area (Å²) in [4.78, 5) is 27.4. The molecule has 0 unspecified atom stereocenters. The van der Waals surface area contributed by atoms with Crippen LogP contribution < -0.4 is 5.32 Å². The van der Waals surface area contributed by atoms with Gasteiger partial charge in [0, 0.05) is 37.0 Å². The number of nitrogens with one attached hydrogen (secondary N) is 2. The molecule has 9 nitrogen and oxygen atoms in total. The van der Waals surface area contributed by atoms with Gasteiger partial charge in [-0.05, 0) is 28.5 Å². The number of aromatic amines is 1. The van der Waals surface area contributed by atoms with Gasteiger partial charge in [0.15, 0.2) is 12.4 Å². The number of carbonyl (C=O) groups excluding carboxylic acids is 2. The lowest BCUT2D eigenvalue weighted by Gasteiger charge is -2.16.